The number of aliphatic hydroxyl groups excluding tert-OH is 1. The lowest BCUT2D eigenvalue weighted by molar-refractivity contribution is 0.244. The van der Waals surface area contributed by atoms with E-state index in [1.165, 1.54) is 6.07 Å². The molecule has 5 heteroatoms. The van der Waals surface area contributed by atoms with Crippen LogP contribution in [0.15, 0.2) is 16.6 Å². The predicted octanol–water partition coefficient (Wildman–Crippen LogP) is 2.77. The predicted molar refractivity (Wildman–Crippen MR) is 58.8 cm³/mol. The standard InChI is InChI=1S/C10H12BrF2NO/c1-6(5-15)4-14-10-2-7(11)8(12)3-9(10)13/h2-3,6,14-15H,4-5H2,1H3. The second kappa shape index (κ2) is 5.42. The lowest BCUT2D eigenvalue weighted by Gasteiger charge is -2.12. The van der Waals surface area contributed by atoms with Crippen LogP contribution in [0.2, 0.25) is 0 Å². The molecular weight excluding hydrogens is 268 g/mol. The molecule has 0 radical (unpaired) electrons. The molecule has 0 saturated carbocycles. The minimum Gasteiger partial charge on any atom is -0.396 e. The summed E-state index contributed by atoms with van der Waals surface area (Å²) in [6.45, 7) is 2.28. The Kier molecular flexibility index (Phi) is 4.47. The number of aliphatic hydroxyl groups is 1. The second-order valence-electron chi connectivity index (χ2n) is 3.41. The molecule has 2 nitrogen and oxygen atoms in total. The number of hydrogen-bond acceptors (Lipinski definition) is 2. The first-order valence-electron chi connectivity index (χ1n) is 4.54. The van der Waals surface area contributed by atoms with Gasteiger partial charge in [-0.1, -0.05) is 6.92 Å². The Bertz CT molecular complexity index is 346. The van der Waals surface area contributed by atoms with Crippen molar-refractivity contribution in [1.82, 2.24) is 0 Å². The van der Waals surface area contributed by atoms with Crippen LogP contribution in [-0.4, -0.2) is 18.3 Å². The molecule has 0 spiro atoms. The molecule has 1 unspecified atom stereocenters. The molecule has 2 N–H and O–H groups in total. The molecule has 0 aromatic heterocycles. The van der Waals surface area contributed by atoms with Crippen molar-refractivity contribution in [3.05, 3.63) is 28.2 Å². The molecule has 1 aromatic carbocycles. The number of nitrogens with one attached hydrogen (secondary N) is 1. The molecule has 0 aliphatic rings. The lowest BCUT2D eigenvalue weighted by atomic mass is 10.2. The van der Waals surface area contributed by atoms with Crippen molar-refractivity contribution < 1.29 is 13.9 Å². The minimum absolute atomic E-state index is 0.0215. The molecule has 0 saturated heterocycles. The van der Waals surface area contributed by atoms with Crippen molar-refractivity contribution in [2.24, 2.45) is 5.92 Å². The fourth-order valence-corrected chi connectivity index (χ4v) is 1.35. The van der Waals surface area contributed by atoms with Crippen molar-refractivity contribution in [3.63, 3.8) is 0 Å². The van der Waals surface area contributed by atoms with Gasteiger partial charge in [0, 0.05) is 19.2 Å². The molecule has 1 atom stereocenters. The van der Waals surface area contributed by atoms with Crippen LogP contribution in [0.25, 0.3) is 0 Å². The Hall–Kier alpha value is -0.680. The Morgan fingerprint density at radius 3 is 2.67 bits per heavy atom. The van der Waals surface area contributed by atoms with E-state index in [-0.39, 0.29) is 22.7 Å². The first-order chi connectivity index (χ1) is 7.04. The van der Waals surface area contributed by atoms with E-state index in [2.05, 4.69) is 21.2 Å². The number of benzene rings is 1. The van der Waals surface area contributed by atoms with Gasteiger partial charge >= 0.3 is 0 Å². The number of rotatable bonds is 4. The van der Waals surface area contributed by atoms with Gasteiger partial charge in [0.2, 0.25) is 0 Å². The van der Waals surface area contributed by atoms with Crippen LogP contribution >= 0.6 is 15.9 Å². The summed E-state index contributed by atoms with van der Waals surface area (Å²) >= 11 is 2.97. The lowest BCUT2D eigenvalue weighted by Crippen LogP contribution is -2.15. The molecule has 0 amide bonds. The second-order valence-corrected chi connectivity index (χ2v) is 4.27. The number of anilines is 1. The molecule has 1 rings (SSSR count). The highest BCUT2D eigenvalue weighted by atomic mass is 79.9. The van der Waals surface area contributed by atoms with Gasteiger partial charge in [0.25, 0.3) is 0 Å². The highest BCUT2D eigenvalue weighted by Gasteiger charge is 2.08. The van der Waals surface area contributed by atoms with Gasteiger partial charge in [0.05, 0.1) is 10.2 Å². The summed E-state index contributed by atoms with van der Waals surface area (Å²) in [5.41, 5.74) is 0.226. The average molecular weight is 280 g/mol. The van der Waals surface area contributed by atoms with Crippen molar-refractivity contribution in [2.75, 3.05) is 18.5 Å². The van der Waals surface area contributed by atoms with Crippen LogP contribution in [0, 0.1) is 17.6 Å². The fraction of sp³-hybridized carbons (Fsp3) is 0.400. The Morgan fingerprint density at radius 2 is 2.07 bits per heavy atom. The highest BCUT2D eigenvalue weighted by molar-refractivity contribution is 9.10. The van der Waals surface area contributed by atoms with E-state index in [1.54, 1.807) is 0 Å². The number of halogens is 3. The van der Waals surface area contributed by atoms with Crippen LogP contribution in [0.5, 0.6) is 0 Å². The van der Waals surface area contributed by atoms with Gasteiger partial charge in [-0.15, -0.1) is 0 Å². The molecule has 1 aromatic rings. The number of hydrogen-bond donors (Lipinski definition) is 2. The van der Waals surface area contributed by atoms with E-state index < -0.39 is 11.6 Å². The maximum atomic E-state index is 13.2. The maximum Gasteiger partial charge on any atom is 0.149 e. The van der Waals surface area contributed by atoms with Crippen LogP contribution < -0.4 is 5.32 Å². The van der Waals surface area contributed by atoms with Gasteiger partial charge in [-0.05, 0) is 27.9 Å². The van der Waals surface area contributed by atoms with Crippen LogP contribution in [-0.2, 0) is 0 Å². The Morgan fingerprint density at radius 1 is 1.40 bits per heavy atom. The summed E-state index contributed by atoms with van der Waals surface area (Å²) in [7, 11) is 0. The summed E-state index contributed by atoms with van der Waals surface area (Å²) < 4.78 is 26.3. The molecule has 0 fully saturated rings. The van der Waals surface area contributed by atoms with Crippen LogP contribution in [0.4, 0.5) is 14.5 Å². The molecule has 0 bridgehead atoms. The first-order valence-corrected chi connectivity index (χ1v) is 5.33. The summed E-state index contributed by atoms with van der Waals surface area (Å²) in [5, 5.41) is 11.6. The van der Waals surface area contributed by atoms with Gasteiger partial charge in [-0.3, -0.25) is 0 Å². The topological polar surface area (TPSA) is 32.3 Å². The quantitative estimate of drug-likeness (QED) is 0.831. The third-order valence-corrected chi connectivity index (χ3v) is 2.57. The van der Waals surface area contributed by atoms with E-state index in [1.807, 2.05) is 6.92 Å². The highest BCUT2D eigenvalue weighted by Crippen LogP contribution is 2.23. The van der Waals surface area contributed by atoms with E-state index in [9.17, 15) is 8.78 Å². The fourth-order valence-electron chi connectivity index (χ4n) is 1.01. The van der Waals surface area contributed by atoms with E-state index in [0.717, 1.165) is 6.07 Å². The van der Waals surface area contributed by atoms with Gasteiger partial charge in [-0.25, -0.2) is 8.78 Å². The van der Waals surface area contributed by atoms with Crippen molar-refractivity contribution >= 4 is 21.6 Å². The SMILES string of the molecule is CC(CO)CNc1cc(Br)c(F)cc1F. The van der Waals surface area contributed by atoms with Crippen LogP contribution in [0.3, 0.4) is 0 Å². The summed E-state index contributed by atoms with van der Waals surface area (Å²) in [4.78, 5) is 0. The summed E-state index contributed by atoms with van der Waals surface area (Å²) in [6.07, 6.45) is 0. The van der Waals surface area contributed by atoms with E-state index in [4.69, 9.17) is 5.11 Å². The molecule has 0 aliphatic heterocycles. The average Bonchev–Trinajstić information content (AvgIpc) is 2.21. The minimum atomic E-state index is -0.638. The van der Waals surface area contributed by atoms with Gasteiger partial charge < -0.3 is 10.4 Å². The van der Waals surface area contributed by atoms with E-state index in [0.29, 0.717) is 6.54 Å². The third-order valence-electron chi connectivity index (χ3n) is 1.96. The Labute approximate surface area is 95.4 Å². The largest absolute Gasteiger partial charge is 0.396 e. The Balaban J connectivity index is 2.73. The molecular formula is C10H12BrF2NO. The van der Waals surface area contributed by atoms with Gasteiger partial charge in [-0.2, -0.15) is 0 Å². The maximum absolute atomic E-state index is 13.2. The smallest absolute Gasteiger partial charge is 0.149 e. The molecule has 0 aliphatic carbocycles. The van der Waals surface area contributed by atoms with E-state index >= 15 is 0 Å². The van der Waals surface area contributed by atoms with Crippen molar-refractivity contribution in [2.45, 2.75) is 6.92 Å². The van der Waals surface area contributed by atoms with Gasteiger partial charge in [0.1, 0.15) is 11.6 Å². The first kappa shape index (κ1) is 12.4. The normalized spacial score (nSPS) is 12.6. The van der Waals surface area contributed by atoms with Gasteiger partial charge in [0.15, 0.2) is 0 Å². The van der Waals surface area contributed by atoms with Crippen LogP contribution in [0.1, 0.15) is 6.92 Å². The zero-order valence-corrected chi connectivity index (χ0v) is 9.81. The monoisotopic (exact) mass is 279 g/mol. The third kappa shape index (κ3) is 3.43. The molecule has 84 valence electrons. The summed E-state index contributed by atoms with van der Waals surface area (Å²) in [5.74, 6) is -1.25. The van der Waals surface area contributed by atoms with Crippen molar-refractivity contribution in [1.29, 1.82) is 0 Å². The zero-order chi connectivity index (χ0) is 11.4. The molecule has 0 heterocycles. The summed E-state index contributed by atoms with van der Waals surface area (Å²) in [6, 6.07) is 2.16. The van der Waals surface area contributed by atoms with Crippen molar-refractivity contribution in [3.8, 4) is 0 Å². The molecule has 15 heavy (non-hydrogen) atoms. The zero-order valence-electron chi connectivity index (χ0n) is 8.23.